The summed E-state index contributed by atoms with van der Waals surface area (Å²) in [6.45, 7) is 7.93. The number of piperazine rings is 1. The smallest absolute Gasteiger partial charge is 0.255 e. The van der Waals surface area contributed by atoms with Crippen molar-refractivity contribution in [1.29, 1.82) is 0 Å². The van der Waals surface area contributed by atoms with E-state index in [9.17, 15) is 9.59 Å². The molecule has 1 aromatic rings. The largest absolute Gasteiger partial charge is 0.339 e. The van der Waals surface area contributed by atoms with Gasteiger partial charge in [-0.05, 0) is 45.0 Å². The van der Waals surface area contributed by atoms with Gasteiger partial charge >= 0.3 is 0 Å². The topological polar surface area (TPSA) is 65.5 Å². The van der Waals surface area contributed by atoms with Gasteiger partial charge in [-0.1, -0.05) is 0 Å². The maximum Gasteiger partial charge on any atom is 0.255 e. The Labute approximate surface area is 143 Å². The Morgan fingerprint density at radius 2 is 1.71 bits per heavy atom. The second kappa shape index (κ2) is 7.30. The molecule has 2 aliphatic rings. The van der Waals surface area contributed by atoms with E-state index in [-0.39, 0.29) is 11.8 Å². The molecule has 0 bridgehead atoms. The second-order valence-electron chi connectivity index (χ2n) is 6.71. The second-order valence-corrected chi connectivity index (χ2v) is 6.71. The van der Waals surface area contributed by atoms with E-state index in [1.165, 1.54) is 0 Å². The summed E-state index contributed by atoms with van der Waals surface area (Å²) < 4.78 is 0. The molecule has 3 rings (SSSR count). The Kier molecular flexibility index (Phi) is 5.14. The zero-order chi connectivity index (χ0) is 17.1. The number of nitrogens with zero attached hydrogens (tertiary/aromatic N) is 3. The third-order valence-corrected chi connectivity index (χ3v) is 5.03. The summed E-state index contributed by atoms with van der Waals surface area (Å²) in [7, 11) is 0. The minimum absolute atomic E-state index is 0.0548. The molecule has 0 spiro atoms. The minimum Gasteiger partial charge on any atom is -0.339 e. The predicted molar refractivity (Wildman–Crippen MR) is 92.0 cm³/mol. The molecule has 1 aromatic heterocycles. The minimum atomic E-state index is 0.0548. The maximum atomic E-state index is 13.0. The molecule has 24 heavy (non-hydrogen) atoms. The Balaban J connectivity index is 1.78. The summed E-state index contributed by atoms with van der Waals surface area (Å²) in [4.78, 5) is 32.8. The molecule has 2 saturated heterocycles. The van der Waals surface area contributed by atoms with Crippen molar-refractivity contribution in [2.45, 2.75) is 32.6 Å². The Bertz CT molecular complexity index is 617. The van der Waals surface area contributed by atoms with Crippen molar-refractivity contribution in [2.75, 3.05) is 39.3 Å². The van der Waals surface area contributed by atoms with Gasteiger partial charge in [0.05, 0.1) is 11.3 Å². The van der Waals surface area contributed by atoms with Crippen LogP contribution in [-0.2, 0) is 4.79 Å². The summed E-state index contributed by atoms with van der Waals surface area (Å²) in [5, 5.41) is 3.37. The average Bonchev–Trinajstić information content (AvgIpc) is 2.62. The number of rotatable bonds is 2. The third-order valence-electron chi connectivity index (χ3n) is 5.03. The van der Waals surface area contributed by atoms with Crippen molar-refractivity contribution in [3.63, 3.8) is 0 Å². The highest BCUT2D eigenvalue weighted by Gasteiger charge is 2.28. The molecule has 0 atom stereocenters. The van der Waals surface area contributed by atoms with Crippen molar-refractivity contribution in [1.82, 2.24) is 20.1 Å². The van der Waals surface area contributed by atoms with Crippen LogP contribution < -0.4 is 5.32 Å². The summed E-state index contributed by atoms with van der Waals surface area (Å²) in [5.41, 5.74) is 2.65. The van der Waals surface area contributed by atoms with Gasteiger partial charge in [0, 0.05) is 44.7 Å². The third kappa shape index (κ3) is 3.59. The first-order valence-corrected chi connectivity index (χ1v) is 8.79. The van der Waals surface area contributed by atoms with Crippen LogP contribution in [0.3, 0.4) is 0 Å². The zero-order valence-electron chi connectivity index (χ0n) is 14.5. The number of hydrogen-bond donors (Lipinski definition) is 1. The van der Waals surface area contributed by atoms with Crippen LogP contribution in [0.2, 0.25) is 0 Å². The van der Waals surface area contributed by atoms with Crippen molar-refractivity contribution in [3.05, 3.63) is 29.1 Å². The molecule has 2 fully saturated rings. The lowest BCUT2D eigenvalue weighted by Gasteiger charge is -2.35. The molecule has 2 aliphatic heterocycles. The van der Waals surface area contributed by atoms with Gasteiger partial charge in [-0.3, -0.25) is 14.6 Å². The Morgan fingerprint density at radius 1 is 1.08 bits per heavy atom. The van der Waals surface area contributed by atoms with E-state index in [0.717, 1.165) is 42.9 Å². The van der Waals surface area contributed by atoms with E-state index in [1.807, 2.05) is 24.0 Å². The number of pyridine rings is 1. The van der Waals surface area contributed by atoms with Gasteiger partial charge < -0.3 is 15.1 Å². The molecular formula is C18H26N4O2. The molecular weight excluding hydrogens is 304 g/mol. The van der Waals surface area contributed by atoms with E-state index >= 15 is 0 Å². The molecule has 3 heterocycles. The lowest BCUT2D eigenvalue weighted by molar-refractivity contribution is -0.130. The average molecular weight is 330 g/mol. The number of aromatic nitrogens is 1. The fourth-order valence-electron chi connectivity index (χ4n) is 3.56. The normalized spacial score (nSPS) is 19.4. The van der Waals surface area contributed by atoms with Crippen LogP contribution in [0.25, 0.3) is 0 Å². The molecule has 0 radical (unpaired) electrons. The Morgan fingerprint density at radius 3 is 2.33 bits per heavy atom. The first-order valence-electron chi connectivity index (χ1n) is 8.79. The van der Waals surface area contributed by atoms with Gasteiger partial charge in [-0.2, -0.15) is 0 Å². The first kappa shape index (κ1) is 16.9. The number of hydrogen-bond acceptors (Lipinski definition) is 4. The van der Waals surface area contributed by atoms with Gasteiger partial charge in [0.1, 0.15) is 0 Å². The number of amides is 2. The van der Waals surface area contributed by atoms with Crippen molar-refractivity contribution < 1.29 is 9.59 Å². The fourth-order valence-corrected chi connectivity index (χ4v) is 3.56. The van der Waals surface area contributed by atoms with E-state index < -0.39 is 0 Å². The van der Waals surface area contributed by atoms with E-state index in [4.69, 9.17) is 4.98 Å². The summed E-state index contributed by atoms with van der Waals surface area (Å²) in [6, 6.07) is 3.85. The summed E-state index contributed by atoms with van der Waals surface area (Å²) in [6.07, 6.45) is 2.05. The highest BCUT2D eigenvalue weighted by atomic mass is 16.2. The van der Waals surface area contributed by atoms with Crippen LogP contribution in [0, 0.1) is 6.92 Å². The van der Waals surface area contributed by atoms with Crippen molar-refractivity contribution >= 4 is 11.8 Å². The highest BCUT2D eigenvalue weighted by molar-refractivity contribution is 5.95. The van der Waals surface area contributed by atoms with Crippen LogP contribution in [-0.4, -0.2) is 65.9 Å². The van der Waals surface area contributed by atoms with Gasteiger partial charge in [-0.25, -0.2) is 0 Å². The van der Waals surface area contributed by atoms with Crippen LogP contribution in [0.4, 0.5) is 0 Å². The van der Waals surface area contributed by atoms with Crippen molar-refractivity contribution in [2.24, 2.45) is 0 Å². The van der Waals surface area contributed by atoms with Crippen LogP contribution in [0.1, 0.15) is 47.4 Å². The monoisotopic (exact) mass is 330 g/mol. The number of nitrogens with one attached hydrogen (secondary N) is 1. The summed E-state index contributed by atoms with van der Waals surface area (Å²) >= 11 is 0. The van der Waals surface area contributed by atoms with Crippen molar-refractivity contribution in [3.8, 4) is 0 Å². The number of carbonyl (C=O) groups excluding carboxylic acids is 2. The van der Waals surface area contributed by atoms with Gasteiger partial charge in [-0.15, -0.1) is 0 Å². The lowest BCUT2D eigenvalue weighted by Crippen LogP contribution is -2.50. The molecule has 0 unspecified atom stereocenters. The fraction of sp³-hybridized carbons (Fsp3) is 0.611. The molecule has 2 amide bonds. The number of aryl methyl sites for hydroxylation is 1. The number of carbonyl (C=O) groups is 2. The molecule has 1 N–H and O–H groups in total. The molecule has 0 saturated carbocycles. The molecule has 0 aliphatic carbocycles. The van der Waals surface area contributed by atoms with Gasteiger partial charge in [0.15, 0.2) is 0 Å². The van der Waals surface area contributed by atoms with Gasteiger partial charge in [0.25, 0.3) is 5.91 Å². The van der Waals surface area contributed by atoms with Crippen LogP contribution >= 0.6 is 0 Å². The van der Waals surface area contributed by atoms with Crippen LogP contribution in [0.5, 0.6) is 0 Å². The molecule has 0 aromatic carbocycles. The first-order chi connectivity index (χ1) is 11.6. The van der Waals surface area contributed by atoms with E-state index in [0.29, 0.717) is 32.1 Å². The maximum absolute atomic E-state index is 13.0. The van der Waals surface area contributed by atoms with Gasteiger partial charge in [0.2, 0.25) is 5.91 Å². The zero-order valence-corrected chi connectivity index (χ0v) is 14.5. The SMILES string of the molecule is CC(=O)N1CCN(C(=O)c2ccc(C)nc2C2CCNCC2)CC1. The summed E-state index contributed by atoms with van der Waals surface area (Å²) in [5.74, 6) is 0.484. The van der Waals surface area contributed by atoms with E-state index in [1.54, 1.807) is 11.8 Å². The lowest BCUT2D eigenvalue weighted by atomic mass is 9.90. The standard InChI is InChI=1S/C18H26N4O2/c1-13-3-4-16(17(20-13)15-5-7-19-8-6-15)18(24)22-11-9-21(10-12-22)14(2)23/h3-4,15,19H,5-12H2,1-2H3. The quantitative estimate of drug-likeness (QED) is 0.884. The molecule has 130 valence electrons. The number of piperidine rings is 1. The van der Waals surface area contributed by atoms with Crippen LogP contribution in [0.15, 0.2) is 12.1 Å². The molecule has 6 heteroatoms. The Hall–Kier alpha value is -1.95. The highest BCUT2D eigenvalue weighted by Crippen LogP contribution is 2.27. The predicted octanol–water partition coefficient (Wildman–Crippen LogP) is 1.16. The van der Waals surface area contributed by atoms with E-state index in [2.05, 4.69) is 5.32 Å². The molecule has 6 nitrogen and oxygen atoms in total.